The van der Waals surface area contributed by atoms with E-state index in [1.54, 1.807) is 0 Å². The van der Waals surface area contributed by atoms with Gasteiger partial charge in [0.15, 0.2) is 0 Å². The maximum Gasteiger partial charge on any atom is 0.0431 e. The molecule has 1 aliphatic rings. The highest BCUT2D eigenvalue weighted by Crippen LogP contribution is 2.26. The minimum atomic E-state index is 0.318. The van der Waals surface area contributed by atoms with Gasteiger partial charge in [-0.3, -0.25) is 4.90 Å². The van der Waals surface area contributed by atoms with Crippen LogP contribution in [-0.4, -0.2) is 29.2 Å². The van der Waals surface area contributed by atoms with Crippen LogP contribution in [0.1, 0.15) is 31.2 Å². The highest BCUT2D eigenvalue weighted by atomic mass is 16.2. The monoisotopic (exact) mass is 269 g/mol. The zero-order valence-corrected chi connectivity index (χ0v) is 12.0. The number of hydrogen-bond acceptors (Lipinski definition) is 2. The molecular formula is C18H23NO. The number of hydrogen-bond donors (Lipinski definition) is 1. The summed E-state index contributed by atoms with van der Waals surface area (Å²) in [7, 11) is 0. The van der Waals surface area contributed by atoms with Gasteiger partial charge in [-0.15, -0.1) is 0 Å². The molecule has 2 aromatic carbocycles. The zero-order valence-electron chi connectivity index (χ0n) is 12.0. The van der Waals surface area contributed by atoms with Crippen molar-refractivity contribution in [2.24, 2.45) is 0 Å². The van der Waals surface area contributed by atoms with E-state index < -0.39 is 0 Å². The van der Waals surface area contributed by atoms with Crippen LogP contribution in [0.3, 0.4) is 0 Å². The SMILES string of the molecule is OCCCC1CCCN1Cc1cccc2ccccc12. The summed E-state index contributed by atoms with van der Waals surface area (Å²) < 4.78 is 0. The van der Waals surface area contributed by atoms with E-state index in [-0.39, 0.29) is 0 Å². The van der Waals surface area contributed by atoms with Gasteiger partial charge < -0.3 is 5.11 Å². The lowest BCUT2D eigenvalue weighted by atomic mass is 10.0. The standard InChI is InChI=1S/C18H23NO/c20-13-5-10-17-9-4-12-19(17)14-16-8-3-7-15-6-1-2-11-18(15)16/h1-3,6-8,11,17,20H,4-5,9-10,12-14H2. The Morgan fingerprint density at radius 2 is 1.95 bits per heavy atom. The first-order valence-electron chi connectivity index (χ1n) is 7.70. The molecule has 1 atom stereocenters. The molecule has 1 fully saturated rings. The van der Waals surface area contributed by atoms with Gasteiger partial charge in [-0.2, -0.15) is 0 Å². The zero-order chi connectivity index (χ0) is 13.8. The van der Waals surface area contributed by atoms with Gasteiger partial charge >= 0.3 is 0 Å². The van der Waals surface area contributed by atoms with Gasteiger partial charge in [0, 0.05) is 19.2 Å². The van der Waals surface area contributed by atoms with Gasteiger partial charge in [-0.25, -0.2) is 0 Å². The van der Waals surface area contributed by atoms with Crippen LogP contribution >= 0.6 is 0 Å². The lowest BCUT2D eigenvalue weighted by Gasteiger charge is -2.25. The Balaban J connectivity index is 1.78. The highest BCUT2D eigenvalue weighted by molar-refractivity contribution is 5.85. The summed E-state index contributed by atoms with van der Waals surface area (Å²) in [4.78, 5) is 2.59. The number of benzene rings is 2. The first kappa shape index (κ1) is 13.6. The van der Waals surface area contributed by atoms with Crippen LogP contribution in [0.4, 0.5) is 0 Å². The largest absolute Gasteiger partial charge is 0.396 e. The third-order valence-electron chi connectivity index (χ3n) is 4.45. The van der Waals surface area contributed by atoms with Gasteiger partial charge in [0.1, 0.15) is 0 Å². The molecule has 1 aliphatic heterocycles. The van der Waals surface area contributed by atoms with Gasteiger partial charge in [0.2, 0.25) is 0 Å². The van der Waals surface area contributed by atoms with Crippen molar-refractivity contribution < 1.29 is 5.11 Å². The van der Waals surface area contributed by atoms with Crippen LogP contribution in [0, 0.1) is 0 Å². The maximum absolute atomic E-state index is 9.03. The van der Waals surface area contributed by atoms with E-state index in [2.05, 4.69) is 47.4 Å². The van der Waals surface area contributed by atoms with E-state index in [0.29, 0.717) is 12.6 Å². The summed E-state index contributed by atoms with van der Waals surface area (Å²) in [5.74, 6) is 0. The Morgan fingerprint density at radius 1 is 1.10 bits per heavy atom. The topological polar surface area (TPSA) is 23.5 Å². The first-order valence-corrected chi connectivity index (χ1v) is 7.70. The van der Waals surface area contributed by atoms with E-state index in [9.17, 15) is 0 Å². The molecule has 106 valence electrons. The number of rotatable bonds is 5. The average Bonchev–Trinajstić information content (AvgIpc) is 2.93. The predicted octanol–water partition coefficient (Wildman–Crippen LogP) is 3.58. The van der Waals surface area contributed by atoms with Crippen molar-refractivity contribution in [1.29, 1.82) is 0 Å². The molecule has 1 saturated heterocycles. The van der Waals surface area contributed by atoms with Crippen molar-refractivity contribution in [3.05, 3.63) is 48.0 Å². The smallest absolute Gasteiger partial charge is 0.0431 e. The normalized spacial score (nSPS) is 19.8. The van der Waals surface area contributed by atoms with Gasteiger partial charge in [-0.05, 0) is 48.6 Å². The summed E-state index contributed by atoms with van der Waals surface area (Å²) in [6.45, 7) is 2.55. The molecule has 0 spiro atoms. The quantitative estimate of drug-likeness (QED) is 0.897. The summed E-state index contributed by atoms with van der Waals surface area (Å²) in [5.41, 5.74) is 1.43. The second-order valence-corrected chi connectivity index (χ2v) is 5.77. The van der Waals surface area contributed by atoms with E-state index >= 15 is 0 Å². The molecule has 1 N–H and O–H groups in total. The van der Waals surface area contributed by atoms with E-state index in [4.69, 9.17) is 5.11 Å². The number of fused-ring (bicyclic) bond motifs is 1. The first-order chi connectivity index (χ1) is 9.88. The third-order valence-corrected chi connectivity index (χ3v) is 4.45. The van der Waals surface area contributed by atoms with Crippen molar-refractivity contribution in [3.63, 3.8) is 0 Å². The highest BCUT2D eigenvalue weighted by Gasteiger charge is 2.24. The molecule has 0 bridgehead atoms. The summed E-state index contributed by atoms with van der Waals surface area (Å²) >= 11 is 0. The number of aliphatic hydroxyl groups is 1. The molecule has 20 heavy (non-hydrogen) atoms. The van der Waals surface area contributed by atoms with Gasteiger partial charge in [0.25, 0.3) is 0 Å². The van der Waals surface area contributed by atoms with Crippen LogP contribution in [0.2, 0.25) is 0 Å². The van der Waals surface area contributed by atoms with Gasteiger partial charge in [-0.1, -0.05) is 42.5 Å². The molecule has 0 aromatic heterocycles. The Hall–Kier alpha value is -1.38. The molecule has 0 radical (unpaired) electrons. The van der Waals surface area contributed by atoms with Crippen molar-refractivity contribution >= 4 is 10.8 Å². The van der Waals surface area contributed by atoms with Crippen LogP contribution in [0.15, 0.2) is 42.5 Å². The van der Waals surface area contributed by atoms with Crippen LogP contribution in [0.5, 0.6) is 0 Å². The van der Waals surface area contributed by atoms with Crippen molar-refractivity contribution in [2.45, 2.75) is 38.3 Å². The minimum absolute atomic E-state index is 0.318. The Kier molecular flexibility index (Phi) is 4.34. The molecule has 2 nitrogen and oxygen atoms in total. The van der Waals surface area contributed by atoms with E-state index in [1.165, 1.54) is 35.7 Å². The van der Waals surface area contributed by atoms with Crippen LogP contribution < -0.4 is 0 Å². The Labute approximate surface area is 121 Å². The fourth-order valence-corrected chi connectivity index (χ4v) is 3.41. The van der Waals surface area contributed by atoms with Crippen molar-refractivity contribution in [1.82, 2.24) is 4.90 Å². The van der Waals surface area contributed by atoms with Crippen LogP contribution in [-0.2, 0) is 6.54 Å². The molecule has 3 rings (SSSR count). The lowest BCUT2D eigenvalue weighted by molar-refractivity contribution is 0.210. The molecule has 1 heterocycles. The van der Waals surface area contributed by atoms with E-state index in [1.807, 2.05) is 0 Å². The number of likely N-dealkylation sites (tertiary alicyclic amines) is 1. The molecule has 0 aliphatic carbocycles. The second-order valence-electron chi connectivity index (χ2n) is 5.77. The Morgan fingerprint density at radius 3 is 2.85 bits per heavy atom. The predicted molar refractivity (Wildman–Crippen MR) is 83.7 cm³/mol. The van der Waals surface area contributed by atoms with E-state index in [0.717, 1.165) is 19.4 Å². The third kappa shape index (κ3) is 2.87. The summed E-state index contributed by atoms with van der Waals surface area (Å²) in [6.07, 6.45) is 4.63. The summed E-state index contributed by atoms with van der Waals surface area (Å²) in [5, 5.41) is 11.7. The molecule has 0 saturated carbocycles. The van der Waals surface area contributed by atoms with Crippen molar-refractivity contribution in [2.75, 3.05) is 13.2 Å². The molecular weight excluding hydrogens is 246 g/mol. The van der Waals surface area contributed by atoms with Gasteiger partial charge in [0.05, 0.1) is 0 Å². The fraction of sp³-hybridized carbons (Fsp3) is 0.444. The van der Waals surface area contributed by atoms with Crippen molar-refractivity contribution in [3.8, 4) is 0 Å². The molecule has 0 amide bonds. The molecule has 2 heteroatoms. The summed E-state index contributed by atoms with van der Waals surface area (Å²) in [6, 6.07) is 15.9. The Bertz CT molecular complexity index is 561. The number of nitrogens with zero attached hydrogens (tertiary/aromatic N) is 1. The fourth-order valence-electron chi connectivity index (χ4n) is 3.41. The number of aliphatic hydroxyl groups excluding tert-OH is 1. The molecule has 2 aromatic rings. The molecule has 1 unspecified atom stereocenters. The second kappa shape index (κ2) is 6.38. The average molecular weight is 269 g/mol. The minimum Gasteiger partial charge on any atom is -0.396 e. The lowest BCUT2D eigenvalue weighted by Crippen LogP contribution is -2.29. The van der Waals surface area contributed by atoms with Crippen LogP contribution in [0.25, 0.3) is 10.8 Å². The maximum atomic E-state index is 9.03.